The first kappa shape index (κ1) is 14.8. The molecule has 1 atom stereocenters. The SMILES string of the molecule is CCC[Si](Cl)(Cl)C(C)C1(CC)OCCCO1. The molecule has 1 unspecified atom stereocenters. The lowest BCUT2D eigenvalue weighted by molar-refractivity contribution is -0.269. The topological polar surface area (TPSA) is 18.5 Å². The van der Waals surface area contributed by atoms with E-state index in [2.05, 4.69) is 20.8 Å². The van der Waals surface area contributed by atoms with Crippen LogP contribution >= 0.6 is 22.2 Å². The van der Waals surface area contributed by atoms with Gasteiger partial charge in [0.05, 0.1) is 13.2 Å². The molecule has 1 rings (SSSR count). The number of hydrogen-bond donors (Lipinski definition) is 0. The minimum absolute atomic E-state index is 0.105. The molecule has 1 heterocycles. The Labute approximate surface area is 109 Å². The van der Waals surface area contributed by atoms with Crippen LogP contribution in [-0.4, -0.2) is 25.7 Å². The van der Waals surface area contributed by atoms with E-state index in [1.807, 2.05) is 0 Å². The Morgan fingerprint density at radius 2 is 1.81 bits per heavy atom. The number of rotatable bonds is 5. The standard InChI is InChI=1S/C11H22Cl2O2Si/c1-4-9-16(12,13)10(3)11(5-2)14-7-6-8-15-11/h10H,4-9H2,1-3H3. The van der Waals surface area contributed by atoms with E-state index in [9.17, 15) is 0 Å². The molecule has 0 saturated carbocycles. The molecular formula is C11H22Cl2O2Si. The second-order valence-electron chi connectivity index (χ2n) is 4.45. The van der Waals surface area contributed by atoms with E-state index in [1.54, 1.807) is 0 Å². The average molecular weight is 285 g/mol. The van der Waals surface area contributed by atoms with E-state index < -0.39 is 12.5 Å². The van der Waals surface area contributed by atoms with Crippen LogP contribution in [0.3, 0.4) is 0 Å². The van der Waals surface area contributed by atoms with Crippen LogP contribution in [0.1, 0.15) is 40.0 Å². The van der Waals surface area contributed by atoms with Gasteiger partial charge in [-0.05, 0) is 18.9 Å². The molecule has 0 amide bonds. The van der Waals surface area contributed by atoms with Crippen LogP contribution in [0.4, 0.5) is 0 Å². The Kier molecular flexibility index (Phi) is 5.59. The molecule has 1 aliphatic heterocycles. The third kappa shape index (κ3) is 3.14. The molecule has 0 spiro atoms. The van der Waals surface area contributed by atoms with Gasteiger partial charge in [0, 0.05) is 5.54 Å². The lowest BCUT2D eigenvalue weighted by Crippen LogP contribution is -2.50. The fourth-order valence-corrected chi connectivity index (χ4v) is 6.47. The minimum Gasteiger partial charge on any atom is -0.350 e. The third-order valence-electron chi connectivity index (χ3n) is 3.35. The molecule has 0 aliphatic carbocycles. The van der Waals surface area contributed by atoms with Crippen molar-refractivity contribution in [3.63, 3.8) is 0 Å². The lowest BCUT2D eigenvalue weighted by Gasteiger charge is -2.44. The normalized spacial score (nSPS) is 23.1. The molecule has 96 valence electrons. The maximum atomic E-state index is 6.53. The summed E-state index contributed by atoms with van der Waals surface area (Å²) in [6, 6.07) is 0.895. The molecule has 0 aromatic heterocycles. The van der Waals surface area contributed by atoms with Gasteiger partial charge in [-0.2, -0.15) is 0 Å². The molecule has 0 N–H and O–H groups in total. The molecule has 2 nitrogen and oxygen atoms in total. The molecular weight excluding hydrogens is 263 g/mol. The highest BCUT2D eigenvalue weighted by atomic mass is 35.7. The van der Waals surface area contributed by atoms with Gasteiger partial charge >= 0.3 is 0 Å². The second kappa shape index (κ2) is 6.05. The van der Waals surface area contributed by atoms with Gasteiger partial charge in [0.25, 0.3) is 6.69 Å². The van der Waals surface area contributed by atoms with Gasteiger partial charge < -0.3 is 9.47 Å². The number of halogens is 2. The summed E-state index contributed by atoms with van der Waals surface area (Å²) >= 11 is 13.1. The van der Waals surface area contributed by atoms with Crippen LogP contribution in [-0.2, 0) is 9.47 Å². The second-order valence-corrected chi connectivity index (χ2v) is 12.0. The molecule has 0 radical (unpaired) electrons. The minimum atomic E-state index is -2.29. The first-order chi connectivity index (χ1) is 7.48. The van der Waals surface area contributed by atoms with E-state index in [0.29, 0.717) is 0 Å². The zero-order valence-corrected chi connectivity index (χ0v) is 12.9. The van der Waals surface area contributed by atoms with Crippen molar-refractivity contribution >= 4 is 28.9 Å². The molecule has 1 aliphatic rings. The average Bonchev–Trinajstić information content (AvgIpc) is 2.29. The highest BCUT2D eigenvalue weighted by Gasteiger charge is 2.50. The van der Waals surface area contributed by atoms with Crippen molar-refractivity contribution in [1.82, 2.24) is 0 Å². The van der Waals surface area contributed by atoms with E-state index in [0.717, 1.165) is 38.5 Å². The zero-order valence-electron chi connectivity index (χ0n) is 10.4. The van der Waals surface area contributed by atoms with Crippen molar-refractivity contribution < 1.29 is 9.47 Å². The molecule has 1 fully saturated rings. The molecule has 0 bridgehead atoms. The van der Waals surface area contributed by atoms with Crippen molar-refractivity contribution in [1.29, 1.82) is 0 Å². The molecule has 5 heteroatoms. The van der Waals surface area contributed by atoms with Crippen molar-refractivity contribution in [3.05, 3.63) is 0 Å². The van der Waals surface area contributed by atoms with Crippen molar-refractivity contribution in [2.45, 2.75) is 57.4 Å². The van der Waals surface area contributed by atoms with Crippen LogP contribution in [0.5, 0.6) is 0 Å². The van der Waals surface area contributed by atoms with Crippen LogP contribution in [0, 0.1) is 0 Å². The van der Waals surface area contributed by atoms with E-state index in [1.165, 1.54) is 0 Å². The van der Waals surface area contributed by atoms with Crippen molar-refractivity contribution in [3.8, 4) is 0 Å². The van der Waals surface area contributed by atoms with Crippen LogP contribution < -0.4 is 0 Å². The van der Waals surface area contributed by atoms with Gasteiger partial charge in [-0.15, -0.1) is 22.2 Å². The quantitative estimate of drug-likeness (QED) is 0.555. The van der Waals surface area contributed by atoms with Crippen LogP contribution in [0.25, 0.3) is 0 Å². The Morgan fingerprint density at radius 3 is 2.25 bits per heavy atom. The Morgan fingerprint density at radius 1 is 1.25 bits per heavy atom. The van der Waals surface area contributed by atoms with Gasteiger partial charge in [-0.1, -0.05) is 27.2 Å². The summed E-state index contributed by atoms with van der Waals surface area (Å²) in [4.78, 5) is 0. The predicted octanol–water partition coefficient (Wildman–Crippen LogP) is 4.25. The smallest absolute Gasteiger partial charge is 0.259 e. The zero-order chi connectivity index (χ0) is 12.2. The van der Waals surface area contributed by atoms with Crippen LogP contribution in [0.2, 0.25) is 11.6 Å². The first-order valence-electron chi connectivity index (χ1n) is 6.14. The third-order valence-corrected chi connectivity index (χ3v) is 9.32. The van der Waals surface area contributed by atoms with Gasteiger partial charge in [0.15, 0.2) is 5.79 Å². The van der Waals surface area contributed by atoms with E-state index in [4.69, 9.17) is 31.6 Å². The van der Waals surface area contributed by atoms with Gasteiger partial charge in [0.1, 0.15) is 0 Å². The summed E-state index contributed by atoms with van der Waals surface area (Å²) in [5.41, 5.74) is 0.105. The fraction of sp³-hybridized carbons (Fsp3) is 1.00. The summed E-state index contributed by atoms with van der Waals surface area (Å²) in [6.45, 7) is 5.48. The summed E-state index contributed by atoms with van der Waals surface area (Å²) in [5.74, 6) is -0.539. The Hall–Kier alpha value is 0.717. The maximum absolute atomic E-state index is 6.53. The fourth-order valence-electron chi connectivity index (χ4n) is 2.22. The van der Waals surface area contributed by atoms with Crippen molar-refractivity contribution in [2.24, 2.45) is 0 Å². The van der Waals surface area contributed by atoms with Crippen molar-refractivity contribution in [2.75, 3.05) is 13.2 Å². The predicted molar refractivity (Wildman–Crippen MR) is 71.5 cm³/mol. The van der Waals surface area contributed by atoms with Crippen LogP contribution in [0.15, 0.2) is 0 Å². The Bertz CT molecular complexity index is 218. The summed E-state index contributed by atoms with van der Waals surface area (Å²) in [7, 11) is 0. The molecule has 1 saturated heterocycles. The maximum Gasteiger partial charge on any atom is 0.259 e. The highest BCUT2D eigenvalue weighted by Crippen LogP contribution is 2.46. The lowest BCUT2D eigenvalue weighted by atomic mass is 10.1. The van der Waals surface area contributed by atoms with E-state index >= 15 is 0 Å². The highest BCUT2D eigenvalue weighted by molar-refractivity contribution is 7.46. The monoisotopic (exact) mass is 284 g/mol. The molecule has 16 heavy (non-hydrogen) atoms. The van der Waals surface area contributed by atoms with Gasteiger partial charge in [-0.3, -0.25) is 0 Å². The van der Waals surface area contributed by atoms with Gasteiger partial charge in [0.2, 0.25) is 0 Å². The van der Waals surface area contributed by atoms with E-state index in [-0.39, 0.29) is 5.54 Å². The number of hydrogen-bond acceptors (Lipinski definition) is 2. The summed E-state index contributed by atoms with van der Waals surface area (Å²) in [5, 5.41) is 0. The molecule has 0 aromatic carbocycles. The summed E-state index contributed by atoms with van der Waals surface area (Å²) in [6.07, 6.45) is 2.79. The number of ether oxygens (including phenoxy) is 2. The first-order valence-corrected chi connectivity index (χ1v) is 10.4. The molecule has 0 aromatic rings. The Balaban J connectivity index is 2.78. The summed E-state index contributed by atoms with van der Waals surface area (Å²) < 4.78 is 11.7. The largest absolute Gasteiger partial charge is 0.350 e. The van der Waals surface area contributed by atoms with Gasteiger partial charge in [-0.25, -0.2) is 0 Å².